The minimum absolute atomic E-state index is 0.0686. The summed E-state index contributed by atoms with van der Waals surface area (Å²) >= 11 is 0. The molecule has 2 N–H and O–H groups in total. The average molecular weight is 368 g/mol. The first kappa shape index (κ1) is 18.3. The van der Waals surface area contributed by atoms with Crippen LogP contribution in [0.4, 0.5) is 5.69 Å². The molecule has 0 saturated carbocycles. The Labute approximate surface area is 149 Å². The third kappa shape index (κ3) is 4.38. The van der Waals surface area contributed by atoms with Gasteiger partial charge in [0.25, 0.3) is 5.91 Å². The van der Waals surface area contributed by atoms with E-state index in [1.54, 1.807) is 18.2 Å². The van der Waals surface area contributed by atoms with Gasteiger partial charge >= 0.3 is 0 Å². The number of nitrogens with zero attached hydrogens (tertiary/aromatic N) is 1. The molecule has 25 heavy (non-hydrogen) atoms. The molecule has 0 bridgehead atoms. The molecule has 3 rings (SSSR count). The Balaban J connectivity index is 1.74. The standard InChI is InChI=1S/C17H25N3O4S/c1-14-4-5-15(25(22,23)20-8-10-24-11-9-20)12-16(14)18-17(21)13-19-6-2-3-7-19/h4-5,12H,2-3,6-11,13H2,1H3,(H,18,21)/p+1. The van der Waals surface area contributed by atoms with Crippen LogP contribution >= 0.6 is 0 Å². The van der Waals surface area contributed by atoms with Crippen LogP contribution in [0.3, 0.4) is 0 Å². The van der Waals surface area contributed by atoms with Crippen molar-refractivity contribution in [3.05, 3.63) is 23.8 Å². The van der Waals surface area contributed by atoms with Crippen LogP contribution in [0.5, 0.6) is 0 Å². The van der Waals surface area contributed by atoms with E-state index in [0.29, 0.717) is 38.5 Å². The third-order valence-corrected chi connectivity index (χ3v) is 6.71. The fourth-order valence-electron chi connectivity index (χ4n) is 3.31. The highest BCUT2D eigenvalue weighted by Gasteiger charge is 2.27. The summed E-state index contributed by atoms with van der Waals surface area (Å²) in [6.07, 6.45) is 2.32. The molecule has 7 nitrogen and oxygen atoms in total. The SMILES string of the molecule is Cc1ccc(S(=O)(=O)N2CCOCC2)cc1NC(=O)C[NH+]1CCCC1. The molecule has 138 valence electrons. The minimum Gasteiger partial charge on any atom is -0.379 e. The van der Waals surface area contributed by atoms with E-state index in [0.717, 1.165) is 31.5 Å². The Morgan fingerprint density at radius 2 is 1.92 bits per heavy atom. The van der Waals surface area contributed by atoms with Crippen molar-refractivity contribution >= 4 is 21.6 Å². The van der Waals surface area contributed by atoms with E-state index < -0.39 is 10.0 Å². The zero-order valence-electron chi connectivity index (χ0n) is 14.6. The lowest BCUT2D eigenvalue weighted by atomic mass is 10.2. The molecule has 0 unspecified atom stereocenters. The summed E-state index contributed by atoms with van der Waals surface area (Å²) in [4.78, 5) is 13.8. The molecule has 1 amide bonds. The quantitative estimate of drug-likeness (QED) is 0.743. The first-order chi connectivity index (χ1) is 12.0. The van der Waals surface area contributed by atoms with Crippen molar-refractivity contribution in [2.24, 2.45) is 0 Å². The number of likely N-dealkylation sites (tertiary alicyclic amines) is 1. The van der Waals surface area contributed by atoms with E-state index >= 15 is 0 Å². The second-order valence-electron chi connectivity index (χ2n) is 6.68. The molecule has 0 atom stereocenters. The highest BCUT2D eigenvalue weighted by atomic mass is 32.2. The van der Waals surface area contributed by atoms with Crippen LogP contribution in [0.25, 0.3) is 0 Å². The van der Waals surface area contributed by atoms with Crippen LogP contribution in [0.2, 0.25) is 0 Å². The monoisotopic (exact) mass is 368 g/mol. The summed E-state index contributed by atoms with van der Waals surface area (Å²) in [5.41, 5.74) is 1.42. The van der Waals surface area contributed by atoms with Gasteiger partial charge in [-0.25, -0.2) is 8.42 Å². The molecule has 0 aromatic heterocycles. The van der Waals surface area contributed by atoms with Crippen LogP contribution in [0, 0.1) is 6.92 Å². The summed E-state index contributed by atoms with van der Waals surface area (Å²) in [5.74, 6) is -0.0686. The summed E-state index contributed by atoms with van der Waals surface area (Å²) in [6, 6.07) is 4.91. The van der Waals surface area contributed by atoms with Gasteiger partial charge in [-0.15, -0.1) is 0 Å². The number of morpholine rings is 1. The molecule has 1 aromatic carbocycles. The molecule has 2 aliphatic heterocycles. The van der Waals surface area contributed by atoms with Crippen molar-refractivity contribution in [2.45, 2.75) is 24.7 Å². The van der Waals surface area contributed by atoms with Gasteiger partial charge in [-0.2, -0.15) is 4.31 Å². The first-order valence-corrected chi connectivity index (χ1v) is 10.2. The van der Waals surface area contributed by atoms with Crippen LogP contribution in [-0.4, -0.2) is 64.6 Å². The molecular weight excluding hydrogens is 342 g/mol. The minimum atomic E-state index is -3.56. The Morgan fingerprint density at radius 1 is 1.24 bits per heavy atom. The second-order valence-corrected chi connectivity index (χ2v) is 8.61. The van der Waals surface area contributed by atoms with Crippen molar-refractivity contribution in [3.63, 3.8) is 0 Å². The number of carbonyl (C=O) groups is 1. The molecule has 2 fully saturated rings. The van der Waals surface area contributed by atoms with Gasteiger partial charge in [-0.1, -0.05) is 6.07 Å². The first-order valence-electron chi connectivity index (χ1n) is 8.79. The second kappa shape index (κ2) is 7.82. The number of sulfonamides is 1. The van der Waals surface area contributed by atoms with Gasteiger partial charge in [-0.3, -0.25) is 4.79 Å². The number of hydrogen-bond acceptors (Lipinski definition) is 4. The predicted molar refractivity (Wildman–Crippen MR) is 94.2 cm³/mol. The molecule has 2 heterocycles. The van der Waals surface area contributed by atoms with Crippen molar-refractivity contribution < 1.29 is 22.8 Å². The maximum absolute atomic E-state index is 12.8. The maximum atomic E-state index is 12.8. The number of carbonyl (C=O) groups excluding carboxylic acids is 1. The zero-order valence-corrected chi connectivity index (χ0v) is 15.4. The number of ether oxygens (including phenoxy) is 1. The lowest BCUT2D eigenvalue weighted by molar-refractivity contribution is -0.878. The number of rotatable bonds is 5. The van der Waals surface area contributed by atoms with Crippen molar-refractivity contribution in [3.8, 4) is 0 Å². The van der Waals surface area contributed by atoms with Gasteiger partial charge in [0.1, 0.15) is 0 Å². The number of quaternary nitrogens is 1. The van der Waals surface area contributed by atoms with E-state index in [2.05, 4.69) is 5.32 Å². The Hall–Kier alpha value is -1.48. The van der Waals surface area contributed by atoms with E-state index in [1.807, 2.05) is 6.92 Å². The van der Waals surface area contributed by atoms with Crippen LogP contribution in [-0.2, 0) is 19.6 Å². The van der Waals surface area contributed by atoms with Crippen molar-refractivity contribution in [2.75, 3.05) is 51.3 Å². The third-order valence-electron chi connectivity index (χ3n) is 4.81. The lowest BCUT2D eigenvalue weighted by Gasteiger charge is -2.26. The van der Waals surface area contributed by atoms with Crippen LogP contribution < -0.4 is 10.2 Å². The van der Waals surface area contributed by atoms with Gasteiger partial charge in [0.05, 0.1) is 31.2 Å². The van der Waals surface area contributed by atoms with E-state index in [9.17, 15) is 13.2 Å². The highest BCUT2D eigenvalue weighted by molar-refractivity contribution is 7.89. The number of benzene rings is 1. The summed E-state index contributed by atoms with van der Waals surface area (Å²) in [6.45, 7) is 5.88. The van der Waals surface area contributed by atoms with Gasteiger partial charge in [0, 0.05) is 31.6 Å². The summed E-state index contributed by atoms with van der Waals surface area (Å²) < 4.78 is 32.2. The van der Waals surface area contributed by atoms with Gasteiger partial charge < -0.3 is 15.0 Å². The molecule has 2 saturated heterocycles. The van der Waals surface area contributed by atoms with Gasteiger partial charge in [0.2, 0.25) is 10.0 Å². The van der Waals surface area contributed by atoms with Crippen LogP contribution in [0.1, 0.15) is 18.4 Å². The van der Waals surface area contributed by atoms with Crippen LogP contribution in [0.15, 0.2) is 23.1 Å². The van der Waals surface area contributed by atoms with Gasteiger partial charge in [-0.05, 0) is 24.6 Å². The maximum Gasteiger partial charge on any atom is 0.279 e. The summed E-state index contributed by atoms with van der Waals surface area (Å²) in [7, 11) is -3.56. The Bertz CT molecular complexity index is 723. The van der Waals surface area contributed by atoms with Crippen molar-refractivity contribution in [1.82, 2.24) is 4.31 Å². The average Bonchev–Trinajstić information content (AvgIpc) is 3.10. The molecule has 0 aliphatic carbocycles. The highest BCUT2D eigenvalue weighted by Crippen LogP contribution is 2.23. The number of aryl methyl sites for hydroxylation is 1. The Morgan fingerprint density at radius 3 is 2.60 bits per heavy atom. The van der Waals surface area contributed by atoms with E-state index in [4.69, 9.17) is 4.74 Å². The lowest BCUT2D eigenvalue weighted by Crippen LogP contribution is -3.11. The molecule has 0 spiro atoms. The Kier molecular flexibility index (Phi) is 5.73. The largest absolute Gasteiger partial charge is 0.379 e. The number of amides is 1. The molecule has 1 aromatic rings. The number of anilines is 1. The van der Waals surface area contributed by atoms with E-state index in [1.165, 1.54) is 9.21 Å². The van der Waals surface area contributed by atoms with Gasteiger partial charge in [0.15, 0.2) is 6.54 Å². The molecule has 2 aliphatic rings. The number of hydrogen-bond donors (Lipinski definition) is 2. The van der Waals surface area contributed by atoms with E-state index in [-0.39, 0.29) is 10.8 Å². The normalized spacial score (nSPS) is 19.9. The number of nitrogens with one attached hydrogen (secondary N) is 2. The predicted octanol–water partition coefficient (Wildman–Crippen LogP) is -0.367. The fourth-order valence-corrected chi connectivity index (χ4v) is 4.74. The molecule has 8 heteroatoms. The smallest absolute Gasteiger partial charge is 0.279 e. The topological polar surface area (TPSA) is 80.2 Å². The molecule has 0 radical (unpaired) electrons. The van der Waals surface area contributed by atoms with Crippen molar-refractivity contribution in [1.29, 1.82) is 0 Å². The fraction of sp³-hybridized carbons (Fsp3) is 0.588. The molecular formula is C17H26N3O4S+. The summed E-state index contributed by atoms with van der Waals surface area (Å²) in [5, 5.41) is 2.89. The zero-order chi connectivity index (χ0) is 17.9.